The number of nitrogens with one attached hydrogen (secondary N) is 1. The minimum absolute atomic E-state index is 0.0893. The van der Waals surface area contributed by atoms with Gasteiger partial charge in [0.1, 0.15) is 17.1 Å². The van der Waals surface area contributed by atoms with Crippen molar-refractivity contribution in [3.63, 3.8) is 0 Å². The molecule has 0 fully saturated rings. The van der Waals surface area contributed by atoms with Crippen molar-refractivity contribution in [2.75, 3.05) is 33.1 Å². The van der Waals surface area contributed by atoms with Crippen molar-refractivity contribution in [3.8, 4) is 11.4 Å². The molecule has 0 amide bonds. The number of methoxy groups -OCH3 is 1. The van der Waals surface area contributed by atoms with Gasteiger partial charge >= 0.3 is 5.97 Å². The molecule has 7 nitrogen and oxygen atoms in total. The quantitative estimate of drug-likeness (QED) is 0.353. The lowest BCUT2D eigenvalue weighted by atomic mass is 10.1. The molecule has 158 valence electrons. The van der Waals surface area contributed by atoms with Gasteiger partial charge in [0.05, 0.1) is 49.0 Å². The van der Waals surface area contributed by atoms with Crippen molar-refractivity contribution < 1.29 is 19.2 Å². The Kier molecular flexibility index (Phi) is 6.12. The number of hydrogen-bond donors (Lipinski definition) is 1. The number of carbonyl (C=O) groups excluding carboxylic acids is 1. The third-order valence-electron chi connectivity index (χ3n) is 5.10. The molecular formula is C21H24N3O4S2+. The van der Waals surface area contributed by atoms with E-state index in [9.17, 15) is 9.59 Å². The lowest BCUT2D eigenvalue weighted by Gasteiger charge is -2.19. The van der Waals surface area contributed by atoms with Gasteiger partial charge < -0.3 is 14.4 Å². The Morgan fingerprint density at radius 1 is 1.33 bits per heavy atom. The van der Waals surface area contributed by atoms with Gasteiger partial charge in [0.2, 0.25) is 0 Å². The first-order chi connectivity index (χ1) is 14.5. The molecule has 0 radical (unpaired) electrons. The second kappa shape index (κ2) is 8.79. The highest BCUT2D eigenvalue weighted by molar-refractivity contribution is 7.99. The summed E-state index contributed by atoms with van der Waals surface area (Å²) in [5.74, 6) is 0.481. The van der Waals surface area contributed by atoms with Gasteiger partial charge in [-0.3, -0.25) is 14.2 Å². The summed E-state index contributed by atoms with van der Waals surface area (Å²) >= 11 is 2.81. The largest absolute Gasteiger partial charge is 0.497 e. The Morgan fingerprint density at radius 2 is 2.10 bits per heavy atom. The van der Waals surface area contributed by atoms with Crippen LogP contribution in [0.2, 0.25) is 0 Å². The first-order valence-electron chi connectivity index (χ1n) is 9.83. The minimum atomic E-state index is -0.325. The smallest absolute Gasteiger partial charge is 0.316 e. The summed E-state index contributed by atoms with van der Waals surface area (Å²) in [5, 5.41) is 1.20. The molecular weight excluding hydrogens is 422 g/mol. The van der Waals surface area contributed by atoms with E-state index in [1.54, 1.807) is 29.9 Å². The van der Waals surface area contributed by atoms with Crippen LogP contribution >= 0.6 is 23.1 Å². The SMILES string of the molecule is CCOC(=O)CSc1nc2sc3c(c2c(=O)n1-c1ccc(OC)cc1)CC[NH+](C)C3. The van der Waals surface area contributed by atoms with Crippen molar-refractivity contribution >= 4 is 39.3 Å². The van der Waals surface area contributed by atoms with E-state index in [1.165, 1.54) is 21.5 Å². The zero-order valence-electron chi connectivity index (χ0n) is 17.2. The Balaban J connectivity index is 1.86. The molecule has 1 aromatic carbocycles. The summed E-state index contributed by atoms with van der Waals surface area (Å²) in [6.45, 7) is 4.00. The number of ether oxygens (including phenoxy) is 2. The van der Waals surface area contributed by atoms with E-state index in [4.69, 9.17) is 14.5 Å². The van der Waals surface area contributed by atoms with Crippen LogP contribution < -0.4 is 15.2 Å². The predicted molar refractivity (Wildman–Crippen MR) is 118 cm³/mol. The molecule has 0 bridgehead atoms. The van der Waals surface area contributed by atoms with E-state index in [0.717, 1.165) is 29.9 Å². The van der Waals surface area contributed by atoms with E-state index in [2.05, 4.69) is 7.05 Å². The summed E-state index contributed by atoms with van der Waals surface area (Å²) in [6.07, 6.45) is 0.871. The maximum Gasteiger partial charge on any atom is 0.316 e. The van der Waals surface area contributed by atoms with Crippen LogP contribution in [0.5, 0.6) is 5.75 Å². The molecule has 0 saturated heterocycles. The van der Waals surface area contributed by atoms with Crippen LogP contribution in [0.3, 0.4) is 0 Å². The fourth-order valence-corrected chi connectivity index (χ4v) is 5.81. The van der Waals surface area contributed by atoms with Gasteiger partial charge in [0.15, 0.2) is 5.16 Å². The van der Waals surface area contributed by atoms with Gasteiger partial charge in [-0.2, -0.15) is 0 Å². The molecule has 1 N–H and O–H groups in total. The van der Waals surface area contributed by atoms with Gasteiger partial charge in [0, 0.05) is 6.42 Å². The highest BCUT2D eigenvalue weighted by Crippen LogP contribution is 2.32. The lowest BCUT2D eigenvalue weighted by Crippen LogP contribution is -3.08. The average Bonchev–Trinajstić information content (AvgIpc) is 3.10. The number of quaternary nitrogens is 1. The number of thiophene rings is 1. The maximum atomic E-state index is 13.7. The molecule has 1 aliphatic rings. The number of carbonyl (C=O) groups is 1. The molecule has 3 aromatic rings. The van der Waals surface area contributed by atoms with Gasteiger partial charge in [-0.15, -0.1) is 11.3 Å². The lowest BCUT2D eigenvalue weighted by molar-refractivity contribution is -0.895. The summed E-state index contributed by atoms with van der Waals surface area (Å²) in [7, 11) is 3.77. The summed E-state index contributed by atoms with van der Waals surface area (Å²) in [6, 6.07) is 7.29. The van der Waals surface area contributed by atoms with E-state index in [1.807, 2.05) is 24.3 Å². The second-order valence-electron chi connectivity index (χ2n) is 7.14. The topological polar surface area (TPSA) is 74.9 Å². The van der Waals surface area contributed by atoms with Crippen molar-refractivity contribution in [3.05, 3.63) is 45.1 Å². The zero-order chi connectivity index (χ0) is 21.3. The van der Waals surface area contributed by atoms with Gasteiger partial charge in [-0.05, 0) is 36.8 Å². The average molecular weight is 447 g/mol. The predicted octanol–water partition coefficient (Wildman–Crippen LogP) is 1.68. The molecule has 2 aromatic heterocycles. The van der Waals surface area contributed by atoms with Crippen LogP contribution in [0.25, 0.3) is 15.9 Å². The molecule has 0 saturated carbocycles. The highest BCUT2D eigenvalue weighted by Gasteiger charge is 2.26. The fourth-order valence-electron chi connectivity index (χ4n) is 3.62. The van der Waals surface area contributed by atoms with Crippen LogP contribution in [0.1, 0.15) is 17.4 Å². The Labute approximate surface area is 182 Å². The van der Waals surface area contributed by atoms with E-state index in [-0.39, 0.29) is 17.3 Å². The highest BCUT2D eigenvalue weighted by atomic mass is 32.2. The van der Waals surface area contributed by atoms with Crippen LogP contribution in [0.15, 0.2) is 34.2 Å². The van der Waals surface area contributed by atoms with Crippen molar-refractivity contribution in [2.24, 2.45) is 0 Å². The fraction of sp³-hybridized carbons (Fsp3) is 0.381. The summed E-state index contributed by atoms with van der Waals surface area (Å²) in [5.41, 5.74) is 1.73. The summed E-state index contributed by atoms with van der Waals surface area (Å²) < 4.78 is 11.9. The number of likely N-dealkylation sites (N-methyl/N-ethyl adjacent to an activating group) is 1. The van der Waals surface area contributed by atoms with Gasteiger partial charge in [-0.25, -0.2) is 4.98 Å². The Morgan fingerprint density at radius 3 is 2.80 bits per heavy atom. The summed E-state index contributed by atoms with van der Waals surface area (Å²) in [4.78, 5) is 33.8. The second-order valence-corrected chi connectivity index (χ2v) is 9.17. The van der Waals surface area contributed by atoms with E-state index >= 15 is 0 Å². The molecule has 0 aliphatic carbocycles. The van der Waals surface area contributed by atoms with Gasteiger partial charge in [0.25, 0.3) is 5.56 Å². The molecule has 1 aliphatic heterocycles. The molecule has 3 heterocycles. The Hall–Kier alpha value is -2.36. The molecule has 4 rings (SSSR count). The minimum Gasteiger partial charge on any atom is -0.497 e. The van der Waals surface area contributed by atoms with Crippen LogP contribution in [-0.2, 0) is 22.5 Å². The number of aromatic nitrogens is 2. The van der Waals surface area contributed by atoms with E-state index in [0.29, 0.717) is 28.6 Å². The van der Waals surface area contributed by atoms with Gasteiger partial charge in [-0.1, -0.05) is 11.8 Å². The number of esters is 1. The normalized spacial score (nSPS) is 15.8. The van der Waals surface area contributed by atoms with Crippen molar-refractivity contribution in [2.45, 2.75) is 25.0 Å². The third kappa shape index (κ3) is 3.97. The number of benzene rings is 1. The number of hydrogen-bond acceptors (Lipinski definition) is 7. The van der Waals surface area contributed by atoms with Crippen LogP contribution in [0.4, 0.5) is 0 Å². The molecule has 30 heavy (non-hydrogen) atoms. The zero-order valence-corrected chi connectivity index (χ0v) is 18.8. The number of nitrogens with zero attached hydrogens (tertiary/aromatic N) is 2. The molecule has 1 unspecified atom stereocenters. The monoisotopic (exact) mass is 446 g/mol. The molecule has 9 heteroatoms. The first kappa shape index (κ1) is 20.9. The first-order valence-corrected chi connectivity index (χ1v) is 11.6. The van der Waals surface area contributed by atoms with E-state index < -0.39 is 0 Å². The molecule has 0 spiro atoms. The number of rotatable bonds is 6. The van der Waals surface area contributed by atoms with Crippen LogP contribution in [0, 0.1) is 0 Å². The van der Waals surface area contributed by atoms with Crippen molar-refractivity contribution in [1.29, 1.82) is 0 Å². The molecule has 1 atom stereocenters. The van der Waals surface area contributed by atoms with Crippen molar-refractivity contribution in [1.82, 2.24) is 9.55 Å². The number of fused-ring (bicyclic) bond motifs is 3. The Bertz CT molecular complexity index is 1140. The number of thioether (sulfide) groups is 1. The standard InChI is InChI=1S/C21H23N3O4S2/c1-4-28-17(25)12-29-21-22-19-18(15-9-10-23(2)11-16(15)30-19)20(26)24(21)13-5-7-14(27-3)8-6-13/h5-8H,4,9-12H2,1-3H3/p+1. The third-order valence-corrected chi connectivity index (χ3v) is 7.13. The van der Waals surface area contributed by atoms with Crippen LogP contribution in [-0.4, -0.2) is 48.6 Å². The maximum absolute atomic E-state index is 13.7.